The van der Waals surface area contributed by atoms with Crippen LogP contribution in [0.15, 0.2) is 42.5 Å². The van der Waals surface area contributed by atoms with E-state index < -0.39 is 6.10 Å². The highest BCUT2D eigenvalue weighted by atomic mass is 16.6. The fourth-order valence-corrected chi connectivity index (χ4v) is 2.78. The van der Waals surface area contributed by atoms with Gasteiger partial charge in [-0.15, -0.1) is 0 Å². The van der Waals surface area contributed by atoms with Gasteiger partial charge in [0.1, 0.15) is 13.2 Å². The minimum atomic E-state index is -0.649. The molecular weight excluding hydrogens is 316 g/mol. The summed E-state index contributed by atoms with van der Waals surface area (Å²) in [5, 5.41) is 22.6. The van der Waals surface area contributed by atoms with Crippen molar-refractivity contribution in [3.63, 3.8) is 0 Å². The first-order valence-corrected chi connectivity index (χ1v) is 8.33. The lowest BCUT2D eigenvalue weighted by Crippen LogP contribution is -2.39. The number of hydrogen-bond acceptors (Lipinski definition) is 5. The van der Waals surface area contributed by atoms with Crippen LogP contribution in [0.5, 0.6) is 11.5 Å². The first-order chi connectivity index (χ1) is 12.0. The Labute approximate surface area is 147 Å². The molecule has 5 nitrogen and oxygen atoms in total. The third-order valence-electron chi connectivity index (χ3n) is 4.43. The number of aliphatic hydroxyl groups excluding tert-OH is 1. The Morgan fingerprint density at radius 3 is 2.48 bits per heavy atom. The van der Waals surface area contributed by atoms with Crippen molar-refractivity contribution < 1.29 is 14.6 Å². The van der Waals surface area contributed by atoms with Crippen molar-refractivity contribution in [2.24, 2.45) is 0 Å². The molecule has 1 heterocycles. The first kappa shape index (κ1) is 17.3. The Kier molecular flexibility index (Phi) is 4.93. The Morgan fingerprint density at radius 2 is 1.80 bits per heavy atom. The molecule has 1 unspecified atom stereocenters. The van der Waals surface area contributed by atoms with Crippen LogP contribution in [0.4, 0.5) is 0 Å². The lowest BCUT2D eigenvalue weighted by molar-refractivity contribution is 0.159. The van der Waals surface area contributed by atoms with Crippen molar-refractivity contribution in [2.45, 2.75) is 25.5 Å². The maximum absolute atomic E-state index is 10.4. The number of rotatable bonds is 5. The minimum Gasteiger partial charge on any atom is -0.486 e. The maximum Gasteiger partial charge on any atom is 0.161 e. The molecule has 3 rings (SSSR count). The van der Waals surface area contributed by atoms with Gasteiger partial charge in [-0.1, -0.05) is 18.2 Å². The van der Waals surface area contributed by atoms with E-state index in [-0.39, 0.29) is 5.54 Å². The van der Waals surface area contributed by atoms with Crippen molar-refractivity contribution in [3.8, 4) is 17.6 Å². The Bertz CT molecular complexity index is 779. The fourth-order valence-electron chi connectivity index (χ4n) is 2.78. The molecule has 2 N–H and O–H groups in total. The van der Waals surface area contributed by atoms with Gasteiger partial charge in [0.2, 0.25) is 0 Å². The van der Waals surface area contributed by atoms with Gasteiger partial charge in [0.25, 0.3) is 0 Å². The lowest BCUT2D eigenvalue weighted by atomic mass is 9.93. The molecule has 0 aliphatic carbocycles. The first-order valence-electron chi connectivity index (χ1n) is 8.33. The lowest BCUT2D eigenvalue weighted by Gasteiger charge is -2.30. The van der Waals surface area contributed by atoms with Crippen LogP contribution in [0.3, 0.4) is 0 Å². The third kappa shape index (κ3) is 3.93. The van der Waals surface area contributed by atoms with Crippen LogP contribution < -0.4 is 14.8 Å². The molecule has 1 atom stereocenters. The van der Waals surface area contributed by atoms with E-state index in [4.69, 9.17) is 14.7 Å². The molecule has 0 saturated heterocycles. The number of nitrogens with one attached hydrogen (secondary N) is 1. The highest BCUT2D eigenvalue weighted by Crippen LogP contribution is 2.34. The molecule has 0 amide bonds. The zero-order valence-electron chi connectivity index (χ0n) is 14.5. The van der Waals surface area contributed by atoms with E-state index in [2.05, 4.69) is 25.2 Å². The largest absolute Gasteiger partial charge is 0.486 e. The number of hydrogen-bond donors (Lipinski definition) is 2. The molecule has 2 aromatic rings. The van der Waals surface area contributed by atoms with E-state index in [0.29, 0.717) is 25.3 Å². The molecule has 0 saturated carbocycles. The van der Waals surface area contributed by atoms with Gasteiger partial charge in [-0.05, 0) is 49.2 Å². The summed E-state index contributed by atoms with van der Waals surface area (Å²) < 4.78 is 11.2. The van der Waals surface area contributed by atoms with Crippen LogP contribution in [0.1, 0.15) is 36.6 Å². The van der Waals surface area contributed by atoms with Crippen LogP contribution in [0, 0.1) is 11.3 Å². The maximum atomic E-state index is 10.4. The van der Waals surface area contributed by atoms with E-state index in [1.165, 1.54) is 0 Å². The third-order valence-corrected chi connectivity index (χ3v) is 4.43. The molecule has 0 aromatic heterocycles. The minimum absolute atomic E-state index is 0.344. The van der Waals surface area contributed by atoms with Crippen LogP contribution >= 0.6 is 0 Å². The predicted molar refractivity (Wildman–Crippen MR) is 94.6 cm³/mol. The standard InChI is InChI=1S/C20H22N2O3/c1-20(2,16-7-8-18-19(11-16)25-10-9-24-18)22-13-17(23)15-5-3-14(12-21)4-6-15/h3-8,11,17,22-23H,9-10,13H2,1-2H3. The second kappa shape index (κ2) is 7.14. The summed E-state index contributed by atoms with van der Waals surface area (Å²) in [4.78, 5) is 0. The zero-order chi connectivity index (χ0) is 17.9. The van der Waals surface area contributed by atoms with Gasteiger partial charge in [-0.3, -0.25) is 0 Å². The van der Waals surface area contributed by atoms with E-state index in [1.807, 2.05) is 18.2 Å². The van der Waals surface area contributed by atoms with Crippen molar-refractivity contribution in [1.82, 2.24) is 5.32 Å². The molecule has 1 aliphatic rings. The van der Waals surface area contributed by atoms with Gasteiger partial charge in [-0.2, -0.15) is 5.26 Å². The van der Waals surface area contributed by atoms with E-state index in [9.17, 15) is 5.11 Å². The SMILES string of the molecule is CC(C)(NCC(O)c1ccc(C#N)cc1)c1ccc2c(c1)OCCO2. The molecule has 130 valence electrons. The summed E-state index contributed by atoms with van der Waals surface area (Å²) in [6, 6.07) is 15.0. The number of ether oxygens (including phenoxy) is 2. The van der Waals surface area contributed by atoms with E-state index >= 15 is 0 Å². The second-order valence-electron chi connectivity index (χ2n) is 6.61. The Balaban J connectivity index is 1.67. The van der Waals surface area contributed by atoms with E-state index in [1.54, 1.807) is 24.3 Å². The molecule has 0 radical (unpaired) electrons. The number of nitriles is 1. The molecule has 0 spiro atoms. The smallest absolute Gasteiger partial charge is 0.161 e. The number of nitrogens with zero attached hydrogens (tertiary/aromatic N) is 1. The molecule has 1 aliphatic heterocycles. The van der Waals surface area contributed by atoms with Crippen molar-refractivity contribution in [2.75, 3.05) is 19.8 Å². The van der Waals surface area contributed by atoms with Crippen LogP contribution in [-0.2, 0) is 5.54 Å². The highest BCUT2D eigenvalue weighted by Gasteiger charge is 2.24. The molecule has 0 fully saturated rings. The fraction of sp³-hybridized carbons (Fsp3) is 0.350. The summed E-state index contributed by atoms with van der Waals surface area (Å²) in [5.74, 6) is 1.52. The summed E-state index contributed by atoms with van der Waals surface area (Å²) in [7, 11) is 0. The van der Waals surface area contributed by atoms with Crippen LogP contribution in [-0.4, -0.2) is 24.9 Å². The summed E-state index contributed by atoms with van der Waals surface area (Å²) in [5.41, 5.74) is 2.08. The topological polar surface area (TPSA) is 74.5 Å². The van der Waals surface area contributed by atoms with Gasteiger partial charge in [0, 0.05) is 12.1 Å². The summed E-state index contributed by atoms with van der Waals surface area (Å²) in [6.45, 7) is 5.65. The summed E-state index contributed by atoms with van der Waals surface area (Å²) >= 11 is 0. The molecular formula is C20H22N2O3. The molecule has 25 heavy (non-hydrogen) atoms. The number of fused-ring (bicyclic) bond motifs is 1. The van der Waals surface area contributed by atoms with Crippen molar-refractivity contribution in [1.29, 1.82) is 5.26 Å². The second-order valence-corrected chi connectivity index (χ2v) is 6.61. The Morgan fingerprint density at radius 1 is 1.12 bits per heavy atom. The summed E-state index contributed by atoms with van der Waals surface area (Å²) in [6.07, 6.45) is -0.649. The van der Waals surface area contributed by atoms with Gasteiger partial charge >= 0.3 is 0 Å². The Hall–Kier alpha value is -2.55. The number of benzene rings is 2. The zero-order valence-corrected chi connectivity index (χ0v) is 14.5. The van der Waals surface area contributed by atoms with Crippen molar-refractivity contribution in [3.05, 3.63) is 59.2 Å². The highest BCUT2D eigenvalue weighted by molar-refractivity contribution is 5.45. The van der Waals surface area contributed by atoms with Crippen LogP contribution in [0.25, 0.3) is 0 Å². The normalized spacial score (nSPS) is 14.6. The van der Waals surface area contributed by atoms with Crippen LogP contribution in [0.2, 0.25) is 0 Å². The average molecular weight is 338 g/mol. The van der Waals surface area contributed by atoms with Crippen molar-refractivity contribution >= 4 is 0 Å². The monoisotopic (exact) mass is 338 g/mol. The van der Waals surface area contributed by atoms with E-state index in [0.717, 1.165) is 22.6 Å². The van der Waals surface area contributed by atoms with Gasteiger partial charge in [0.05, 0.1) is 17.7 Å². The van der Waals surface area contributed by atoms with Gasteiger partial charge < -0.3 is 19.9 Å². The molecule has 0 bridgehead atoms. The van der Waals surface area contributed by atoms with Gasteiger partial charge in [0.15, 0.2) is 11.5 Å². The number of aliphatic hydroxyl groups is 1. The predicted octanol–water partition coefficient (Wildman–Crippen LogP) is 2.89. The average Bonchev–Trinajstić information content (AvgIpc) is 2.66. The quantitative estimate of drug-likeness (QED) is 0.877. The molecule has 5 heteroatoms. The van der Waals surface area contributed by atoms with Gasteiger partial charge in [-0.25, -0.2) is 0 Å². The molecule has 2 aromatic carbocycles.